The molecule has 2 N–H and O–H groups in total. The maximum Gasteiger partial charge on any atom is 0.144 e. The van der Waals surface area contributed by atoms with Gasteiger partial charge in [0, 0.05) is 44.0 Å². The summed E-state index contributed by atoms with van der Waals surface area (Å²) in [6.45, 7) is 7.40. The SMILES string of the molecule is Cc1cc(N)nc(CN2CCN(C3CC3)CC2)n1. The van der Waals surface area contributed by atoms with Crippen LogP contribution in [0.15, 0.2) is 6.07 Å². The lowest BCUT2D eigenvalue weighted by Crippen LogP contribution is -2.46. The van der Waals surface area contributed by atoms with E-state index in [2.05, 4.69) is 19.8 Å². The highest BCUT2D eigenvalue weighted by Gasteiger charge is 2.31. The number of nitrogens with zero attached hydrogens (tertiary/aromatic N) is 4. The first kappa shape index (κ1) is 11.9. The molecular weight excluding hydrogens is 226 g/mol. The van der Waals surface area contributed by atoms with Crippen molar-refractivity contribution in [3.05, 3.63) is 17.6 Å². The Hall–Kier alpha value is -1.20. The molecule has 1 aliphatic carbocycles. The standard InChI is InChI=1S/C13H21N5/c1-10-8-12(14)16-13(15-10)9-17-4-6-18(7-5-17)11-2-3-11/h8,11H,2-7,9H2,1H3,(H2,14,15,16). The van der Waals surface area contributed by atoms with Crippen molar-refractivity contribution < 1.29 is 0 Å². The zero-order chi connectivity index (χ0) is 12.5. The summed E-state index contributed by atoms with van der Waals surface area (Å²) in [7, 11) is 0. The van der Waals surface area contributed by atoms with Crippen LogP contribution in [-0.2, 0) is 6.54 Å². The molecule has 0 bridgehead atoms. The van der Waals surface area contributed by atoms with E-state index >= 15 is 0 Å². The number of anilines is 1. The van der Waals surface area contributed by atoms with Crippen LogP contribution < -0.4 is 5.73 Å². The predicted molar refractivity (Wildman–Crippen MR) is 71.1 cm³/mol. The highest BCUT2D eigenvalue weighted by atomic mass is 15.3. The molecule has 5 nitrogen and oxygen atoms in total. The van der Waals surface area contributed by atoms with Gasteiger partial charge in [-0.3, -0.25) is 9.80 Å². The Bertz CT molecular complexity index is 401. The fraction of sp³-hybridized carbons (Fsp3) is 0.692. The first-order valence-corrected chi connectivity index (χ1v) is 6.77. The van der Waals surface area contributed by atoms with E-state index in [0.29, 0.717) is 5.82 Å². The van der Waals surface area contributed by atoms with Gasteiger partial charge in [0.2, 0.25) is 0 Å². The Morgan fingerprint density at radius 1 is 1.22 bits per heavy atom. The molecule has 0 spiro atoms. The number of rotatable bonds is 3. The minimum atomic E-state index is 0.578. The summed E-state index contributed by atoms with van der Waals surface area (Å²) in [5.74, 6) is 1.43. The Labute approximate surface area is 108 Å². The first-order valence-electron chi connectivity index (χ1n) is 6.77. The Morgan fingerprint density at radius 2 is 1.94 bits per heavy atom. The highest BCUT2D eigenvalue weighted by molar-refractivity contribution is 5.29. The van der Waals surface area contributed by atoms with E-state index < -0.39 is 0 Å². The minimum Gasteiger partial charge on any atom is -0.384 e. The van der Waals surface area contributed by atoms with Gasteiger partial charge in [-0.05, 0) is 19.8 Å². The fourth-order valence-corrected chi connectivity index (χ4v) is 2.65. The number of hydrogen-bond acceptors (Lipinski definition) is 5. The molecule has 0 amide bonds. The molecule has 18 heavy (non-hydrogen) atoms. The van der Waals surface area contributed by atoms with Gasteiger partial charge in [0.25, 0.3) is 0 Å². The van der Waals surface area contributed by atoms with Crippen LogP contribution in [0, 0.1) is 6.92 Å². The number of nitrogens with two attached hydrogens (primary N) is 1. The summed E-state index contributed by atoms with van der Waals surface area (Å²) in [5, 5.41) is 0. The van der Waals surface area contributed by atoms with Crippen LogP contribution in [0.5, 0.6) is 0 Å². The number of nitrogen functional groups attached to an aromatic ring is 1. The quantitative estimate of drug-likeness (QED) is 0.850. The lowest BCUT2D eigenvalue weighted by atomic mass is 10.3. The molecule has 0 atom stereocenters. The molecule has 98 valence electrons. The van der Waals surface area contributed by atoms with Crippen LogP contribution in [0.25, 0.3) is 0 Å². The molecule has 1 aromatic rings. The molecule has 3 rings (SSSR count). The van der Waals surface area contributed by atoms with Crippen LogP contribution in [0.3, 0.4) is 0 Å². The van der Waals surface area contributed by atoms with Crippen LogP contribution >= 0.6 is 0 Å². The van der Waals surface area contributed by atoms with Crippen LogP contribution in [0.4, 0.5) is 5.82 Å². The van der Waals surface area contributed by atoms with Crippen molar-refractivity contribution in [1.29, 1.82) is 0 Å². The van der Waals surface area contributed by atoms with Gasteiger partial charge in [-0.1, -0.05) is 0 Å². The van der Waals surface area contributed by atoms with Crippen molar-refractivity contribution in [3.63, 3.8) is 0 Å². The molecule has 0 radical (unpaired) electrons. The Balaban J connectivity index is 1.56. The monoisotopic (exact) mass is 247 g/mol. The number of piperazine rings is 1. The smallest absolute Gasteiger partial charge is 0.144 e. The Morgan fingerprint density at radius 3 is 2.56 bits per heavy atom. The summed E-state index contributed by atoms with van der Waals surface area (Å²) in [5.41, 5.74) is 6.71. The van der Waals surface area contributed by atoms with Gasteiger partial charge in [-0.2, -0.15) is 0 Å². The number of hydrogen-bond donors (Lipinski definition) is 1. The molecule has 0 unspecified atom stereocenters. The summed E-state index contributed by atoms with van der Waals surface area (Å²) in [4.78, 5) is 13.8. The molecule has 5 heteroatoms. The molecule has 1 aliphatic heterocycles. The maximum absolute atomic E-state index is 5.76. The second kappa shape index (κ2) is 4.82. The van der Waals surface area contributed by atoms with E-state index in [1.54, 1.807) is 0 Å². The van der Waals surface area contributed by atoms with E-state index in [9.17, 15) is 0 Å². The molecule has 0 aromatic carbocycles. The van der Waals surface area contributed by atoms with Crippen molar-refractivity contribution in [3.8, 4) is 0 Å². The molecule has 1 aromatic heterocycles. The van der Waals surface area contributed by atoms with Gasteiger partial charge in [-0.25, -0.2) is 9.97 Å². The normalized spacial score (nSPS) is 22.3. The zero-order valence-corrected chi connectivity index (χ0v) is 11.0. The summed E-state index contributed by atoms with van der Waals surface area (Å²) in [6.07, 6.45) is 2.80. The van der Waals surface area contributed by atoms with Crippen molar-refractivity contribution in [2.24, 2.45) is 0 Å². The molecule has 1 saturated carbocycles. The van der Waals surface area contributed by atoms with Gasteiger partial charge < -0.3 is 5.73 Å². The summed E-state index contributed by atoms with van der Waals surface area (Å²) in [6, 6.07) is 2.70. The summed E-state index contributed by atoms with van der Waals surface area (Å²) < 4.78 is 0. The van der Waals surface area contributed by atoms with E-state index in [-0.39, 0.29) is 0 Å². The third-order valence-corrected chi connectivity index (χ3v) is 3.76. The highest BCUT2D eigenvalue weighted by Crippen LogP contribution is 2.27. The molecule has 2 aliphatic rings. The van der Waals surface area contributed by atoms with Crippen molar-refractivity contribution in [2.45, 2.75) is 32.4 Å². The topological polar surface area (TPSA) is 58.3 Å². The van der Waals surface area contributed by atoms with E-state index in [4.69, 9.17) is 5.73 Å². The minimum absolute atomic E-state index is 0.578. The second-order valence-corrected chi connectivity index (χ2v) is 5.39. The van der Waals surface area contributed by atoms with E-state index in [1.807, 2.05) is 13.0 Å². The van der Waals surface area contributed by atoms with Gasteiger partial charge in [0.05, 0.1) is 6.54 Å². The van der Waals surface area contributed by atoms with Gasteiger partial charge in [0.1, 0.15) is 11.6 Å². The lowest BCUT2D eigenvalue weighted by Gasteiger charge is -2.34. The first-order chi connectivity index (χ1) is 8.70. The van der Waals surface area contributed by atoms with Gasteiger partial charge in [-0.15, -0.1) is 0 Å². The molecule has 2 heterocycles. The zero-order valence-electron chi connectivity index (χ0n) is 11.0. The fourth-order valence-electron chi connectivity index (χ4n) is 2.65. The van der Waals surface area contributed by atoms with Crippen molar-refractivity contribution in [2.75, 3.05) is 31.9 Å². The van der Waals surface area contributed by atoms with Crippen molar-refractivity contribution >= 4 is 5.82 Å². The largest absolute Gasteiger partial charge is 0.384 e. The molecule has 1 saturated heterocycles. The van der Waals surface area contributed by atoms with E-state index in [0.717, 1.165) is 37.2 Å². The average Bonchev–Trinajstić information content (AvgIpc) is 3.12. The average molecular weight is 247 g/mol. The van der Waals surface area contributed by atoms with E-state index in [1.165, 1.54) is 25.9 Å². The maximum atomic E-state index is 5.76. The predicted octanol–water partition coefficient (Wildman–Crippen LogP) is 0.647. The third-order valence-electron chi connectivity index (χ3n) is 3.76. The van der Waals surface area contributed by atoms with Crippen LogP contribution in [0.1, 0.15) is 24.4 Å². The number of aryl methyl sites for hydroxylation is 1. The number of aromatic nitrogens is 2. The van der Waals surface area contributed by atoms with Crippen LogP contribution in [0.2, 0.25) is 0 Å². The third kappa shape index (κ3) is 2.79. The molecule has 2 fully saturated rings. The molecular formula is C13H21N5. The second-order valence-electron chi connectivity index (χ2n) is 5.39. The van der Waals surface area contributed by atoms with Gasteiger partial charge in [0.15, 0.2) is 0 Å². The Kier molecular flexibility index (Phi) is 3.18. The van der Waals surface area contributed by atoms with Gasteiger partial charge >= 0.3 is 0 Å². The van der Waals surface area contributed by atoms with Crippen LogP contribution in [-0.4, -0.2) is 52.0 Å². The summed E-state index contributed by atoms with van der Waals surface area (Å²) >= 11 is 0. The van der Waals surface area contributed by atoms with Crippen molar-refractivity contribution in [1.82, 2.24) is 19.8 Å². The lowest BCUT2D eigenvalue weighted by molar-refractivity contribution is 0.119.